The van der Waals surface area contributed by atoms with E-state index in [0.717, 1.165) is 0 Å². The molecule has 14 heavy (non-hydrogen) atoms. The van der Waals surface area contributed by atoms with Gasteiger partial charge in [0.2, 0.25) is 0 Å². The minimum Gasteiger partial charge on any atom is -0.329 e. The molecular formula is C9H11N3OS. The maximum absolute atomic E-state index is 11.7. The third-order valence-corrected chi connectivity index (χ3v) is 2.54. The van der Waals surface area contributed by atoms with Crippen molar-refractivity contribution >= 4 is 17.2 Å². The molecule has 0 radical (unpaired) electrons. The molecule has 0 bridgehead atoms. The third-order valence-electron chi connectivity index (χ3n) is 1.68. The second kappa shape index (κ2) is 5.37. The van der Waals surface area contributed by atoms with Crippen LogP contribution in [0.3, 0.4) is 0 Å². The van der Waals surface area contributed by atoms with Crippen LogP contribution in [0.25, 0.3) is 0 Å². The Labute approximate surface area is 86.6 Å². The first kappa shape index (κ1) is 10.7. The van der Waals surface area contributed by atoms with Crippen molar-refractivity contribution in [3.05, 3.63) is 22.4 Å². The van der Waals surface area contributed by atoms with Gasteiger partial charge in [0.15, 0.2) is 0 Å². The molecule has 2 N–H and O–H groups in total. The van der Waals surface area contributed by atoms with Crippen LogP contribution in [0.4, 0.5) is 0 Å². The molecule has 0 aliphatic carbocycles. The fraction of sp³-hybridized carbons (Fsp3) is 0.333. The molecule has 1 heterocycles. The van der Waals surface area contributed by atoms with E-state index < -0.39 is 0 Å². The monoisotopic (exact) mass is 209 g/mol. The van der Waals surface area contributed by atoms with Crippen LogP contribution in [0.2, 0.25) is 0 Å². The fourth-order valence-corrected chi connectivity index (χ4v) is 1.74. The number of hydrogen-bond donors (Lipinski definition) is 1. The Morgan fingerprint density at radius 3 is 3.00 bits per heavy atom. The van der Waals surface area contributed by atoms with Crippen molar-refractivity contribution in [2.24, 2.45) is 5.73 Å². The number of rotatable bonds is 4. The van der Waals surface area contributed by atoms with E-state index in [2.05, 4.69) is 0 Å². The van der Waals surface area contributed by atoms with Gasteiger partial charge in [-0.25, -0.2) is 0 Å². The van der Waals surface area contributed by atoms with Gasteiger partial charge in [0.05, 0.1) is 10.9 Å². The van der Waals surface area contributed by atoms with E-state index in [-0.39, 0.29) is 12.5 Å². The quantitative estimate of drug-likeness (QED) is 0.741. The van der Waals surface area contributed by atoms with E-state index in [1.807, 2.05) is 17.5 Å². The second-order valence-corrected chi connectivity index (χ2v) is 3.60. The summed E-state index contributed by atoms with van der Waals surface area (Å²) in [6.07, 6.45) is 0. The summed E-state index contributed by atoms with van der Waals surface area (Å²) >= 11 is 1.37. The Morgan fingerprint density at radius 2 is 2.50 bits per heavy atom. The first-order valence-electron chi connectivity index (χ1n) is 4.19. The minimum atomic E-state index is -0.119. The standard InChI is InChI=1S/C9H11N3OS/c10-3-5-12(6-4-11)9(13)8-2-1-7-14-8/h1-2,7H,3,5-6,10H2. The average Bonchev–Trinajstić information content (AvgIpc) is 2.69. The fourth-order valence-electron chi connectivity index (χ4n) is 1.05. The summed E-state index contributed by atoms with van der Waals surface area (Å²) < 4.78 is 0. The zero-order valence-electron chi connectivity index (χ0n) is 7.64. The van der Waals surface area contributed by atoms with E-state index >= 15 is 0 Å². The number of amides is 1. The Balaban J connectivity index is 2.69. The lowest BCUT2D eigenvalue weighted by Gasteiger charge is -2.17. The average molecular weight is 209 g/mol. The van der Waals surface area contributed by atoms with Crippen molar-refractivity contribution in [3.8, 4) is 6.07 Å². The number of thiophene rings is 1. The summed E-state index contributed by atoms with van der Waals surface area (Å²) in [4.78, 5) is 13.8. The molecule has 0 saturated carbocycles. The molecule has 0 aliphatic heterocycles. The SMILES string of the molecule is N#CCN(CCN)C(=O)c1cccs1. The van der Waals surface area contributed by atoms with Gasteiger partial charge in [-0.3, -0.25) is 4.79 Å². The van der Waals surface area contributed by atoms with E-state index in [4.69, 9.17) is 11.0 Å². The third kappa shape index (κ3) is 2.55. The van der Waals surface area contributed by atoms with E-state index in [1.165, 1.54) is 16.2 Å². The van der Waals surface area contributed by atoms with Crippen LogP contribution in [0, 0.1) is 11.3 Å². The molecule has 1 amide bonds. The number of hydrogen-bond acceptors (Lipinski definition) is 4. The van der Waals surface area contributed by atoms with Gasteiger partial charge in [-0.05, 0) is 11.4 Å². The van der Waals surface area contributed by atoms with E-state index in [1.54, 1.807) is 6.07 Å². The first-order chi connectivity index (χ1) is 6.79. The second-order valence-electron chi connectivity index (χ2n) is 2.65. The van der Waals surface area contributed by atoms with Crippen LogP contribution in [0.5, 0.6) is 0 Å². The minimum absolute atomic E-state index is 0.0912. The summed E-state index contributed by atoms with van der Waals surface area (Å²) in [7, 11) is 0. The molecule has 0 atom stereocenters. The number of carbonyl (C=O) groups excluding carboxylic acids is 1. The Bertz CT molecular complexity index is 328. The Hall–Kier alpha value is -1.38. The summed E-state index contributed by atoms with van der Waals surface area (Å²) in [6.45, 7) is 0.886. The molecule has 1 aromatic heterocycles. The lowest BCUT2D eigenvalue weighted by Crippen LogP contribution is -2.35. The summed E-state index contributed by atoms with van der Waals surface area (Å²) in [5, 5.41) is 10.4. The number of carbonyl (C=O) groups is 1. The first-order valence-corrected chi connectivity index (χ1v) is 5.07. The lowest BCUT2D eigenvalue weighted by molar-refractivity contribution is 0.0785. The van der Waals surface area contributed by atoms with E-state index in [0.29, 0.717) is 18.0 Å². The van der Waals surface area contributed by atoms with Gasteiger partial charge in [-0.1, -0.05) is 6.07 Å². The van der Waals surface area contributed by atoms with Crippen molar-refractivity contribution < 1.29 is 4.79 Å². The van der Waals surface area contributed by atoms with Crippen molar-refractivity contribution in [1.29, 1.82) is 5.26 Å². The summed E-state index contributed by atoms with van der Waals surface area (Å²) in [5.41, 5.74) is 5.35. The molecule has 0 fully saturated rings. The molecule has 0 spiro atoms. The molecule has 74 valence electrons. The van der Waals surface area contributed by atoms with Gasteiger partial charge < -0.3 is 10.6 Å². The zero-order valence-corrected chi connectivity index (χ0v) is 8.46. The van der Waals surface area contributed by atoms with Crippen LogP contribution >= 0.6 is 11.3 Å². The van der Waals surface area contributed by atoms with Crippen molar-refractivity contribution in [1.82, 2.24) is 4.90 Å². The number of nitrogens with two attached hydrogens (primary N) is 1. The highest BCUT2D eigenvalue weighted by atomic mass is 32.1. The zero-order chi connectivity index (χ0) is 10.4. The van der Waals surface area contributed by atoms with Crippen LogP contribution < -0.4 is 5.73 Å². The van der Waals surface area contributed by atoms with Crippen LogP contribution in [-0.4, -0.2) is 30.4 Å². The van der Waals surface area contributed by atoms with Gasteiger partial charge in [-0.15, -0.1) is 11.3 Å². The van der Waals surface area contributed by atoms with Crippen LogP contribution in [-0.2, 0) is 0 Å². The molecule has 1 aromatic rings. The maximum atomic E-state index is 11.7. The maximum Gasteiger partial charge on any atom is 0.264 e. The molecule has 5 heteroatoms. The van der Waals surface area contributed by atoms with Gasteiger partial charge in [0.25, 0.3) is 5.91 Å². The van der Waals surface area contributed by atoms with Crippen molar-refractivity contribution in [2.75, 3.05) is 19.6 Å². The molecule has 0 aromatic carbocycles. The van der Waals surface area contributed by atoms with Crippen LogP contribution in [0.1, 0.15) is 9.67 Å². The largest absolute Gasteiger partial charge is 0.329 e. The van der Waals surface area contributed by atoms with Crippen LogP contribution in [0.15, 0.2) is 17.5 Å². The van der Waals surface area contributed by atoms with Gasteiger partial charge in [0.1, 0.15) is 6.54 Å². The predicted octanol–water partition coefficient (Wildman–Crippen LogP) is 0.673. The highest BCUT2D eigenvalue weighted by Crippen LogP contribution is 2.11. The summed E-state index contributed by atoms with van der Waals surface area (Å²) in [6, 6.07) is 5.50. The lowest BCUT2D eigenvalue weighted by atomic mass is 10.4. The molecule has 1 rings (SSSR count). The highest BCUT2D eigenvalue weighted by Gasteiger charge is 2.14. The predicted molar refractivity (Wildman–Crippen MR) is 54.9 cm³/mol. The molecule has 0 aliphatic rings. The van der Waals surface area contributed by atoms with Gasteiger partial charge in [-0.2, -0.15) is 5.26 Å². The Morgan fingerprint density at radius 1 is 1.71 bits per heavy atom. The Kier molecular flexibility index (Phi) is 4.11. The summed E-state index contributed by atoms with van der Waals surface area (Å²) in [5.74, 6) is -0.119. The van der Waals surface area contributed by atoms with Crippen molar-refractivity contribution in [2.45, 2.75) is 0 Å². The molecule has 0 saturated heterocycles. The van der Waals surface area contributed by atoms with Gasteiger partial charge in [0, 0.05) is 13.1 Å². The number of nitrogens with zero attached hydrogens (tertiary/aromatic N) is 2. The smallest absolute Gasteiger partial charge is 0.264 e. The van der Waals surface area contributed by atoms with Gasteiger partial charge >= 0.3 is 0 Å². The molecular weight excluding hydrogens is 198 g/mol. The molecule has 4 nitrogen and oxygen atoms in total. The van der Waals surface area contributed by atoms with Crippen molar-refractivity contribution in [3.63, 3.8) is 0 Å². The number of nitriles is 1. The normalized spacial score (nSPS) is 9.43. The topological polar surface area (TPSA) is 70.1 Å². The molecule has 0 unspecified atom stereocenters. The van der Waals surface area contributed by atoms with E-state index in [9.17, 15) is 4.79 Å². The highest BCUT2D eigenvalue weighted by molar-refractivity contribution is 7.12.